The lowest BCUT2D eigenvalue weighted by Crippen LogP contribution is -2.41. The van der Waals surface area contributed by atoms with Crippen LogP contribution in [0.2, 0.25) is 0 Å². The molecule has 5 N–H and O–H groups in total. The number of aromatic carboxylic acids is 1. The van der Waals surface area contributed by atoms with Crippen molar-refractivity contribution in [2.45, 2.75) is 32.7 Å². The fourth-order valence-corrected chi connectivity index (χ4v) is 1.65. The summed E-state index contributed by atoms with van der Waals surface area (Å²) in [7, 11) is 0. The van der Waals surface area contributed by atoms with E-state index in [1.165, 1.54) is 12.1 Å². The molecule has 110 valence electrons. The number of carboxylic acids is 1. The Labute approximate surface area is 118 Å². The van der Waals surface area contributed by atoms with Gasteiger partial charge in [0.2, 0.25) is 5.91 Å². The lowest BCUT2D eigenvalue weighted by molar-refractivity contribution is -0.122. The van der Waals surface area contributed by atoms with Gasteiger partial charge in [0.1, 0.15) is 0 Å². The monoisotopic (exact) mass is 279 g/mol. The smallest absolute Gasteiger partial charge is 0.337 e. The molecule has 0 aliphatic carbocycles. The Morgan fingerprint density at radius 1 is 1.30 bits per heavy atom. The quantitative estimate of drug-likeness (QED) is 0.614. The van der Waals surface area contributed by atoms with E-state index >= 15 is 0 Å². The maximum absolute atomic E-state index is 11.6. The number of nitrogen functional groups attached to an aromatic ring is 1. The van der Waals surface area contributed by atoms with E-state index < -0.39 is 5.97 Å². The highest BCUT2D eigenvalue weighted by Crippen LogP contribution is 2.17. The zero-order chi connectivity index (χ0) is 15.3. The normalized spacial score (nSPS) is 10.9. The first-order valence-electron chi connectivity index (χ1n) is 6.37. The topological polar surface area (TPSA) is 104 Å². The third-order valence-electron chi connectivity index (χ3n) is 2.48. The number of nitrogens with two attached hydrogens (primary N) is 1. The van der Waals surface area contributed by atoms with E-state index in [1.807, 2.05) is 20.8 Å². The van der Waals surface area contributed by atoms with Gasteiger partial charge < -0.3 is 21.5 Å². The van der Waals surface area contributed by atoms with Crippen molar-refractivity contribution in [1.82, 2.24) is 5.32 Å². The van der Waals surface area contributed by atoms with E-state index in [-0.39, 0.29) is 22.7 Å². The summed E-state index contributed by atoms with van der Waals surface area (Å²) in [6.07, 6.45) is 0.310. The Balaban J connectivity index is 2.53. The number of amides is 1. The molecule has 0 bridgehead atoms. The van der Waals surface area contributed by atoms with Gasteiger partial charge in [0, 0.05) is 29.9 Å². The van der Waals surface area contributed by atoms with Crippen LogP contribution in [0.25, 0.3) is 0 Å². The molecule has 20 heavy (non-hydrogen) atoms. The third kappa shape index (κ3) is 5.17. The second kappa shape index (κ2) is 6.27. The van der Waals surface area contributed by atoms with Crippen molar-refractivity contribution in [1.29, 1.82) is 0 Å². The van der Waals surface area contributed by atoms with Gasteiger partial charge in [0.25, 0.3) is 0 Å². The van der Waals surface area contributed by atoms with Crippen LogP contribution in [0.3, 0.4) is 0 Å². The van der Waals surface area contributed by atoms with Gasteiger partial charge in [-0.05, 0) is 39.0 Å². The maximum Gasteiger partial charge on any atom is 0.337 e. The summed E-state index contributed by atoms with van der Waals surface area (Å²) < 4.78 is 0. The summed E-state index contributed by atoms with van der Waals surface area (Å²) in [4.78, 5) is 22.6. The van der Waals surface area contributed by atoms with E-state index in [0.29, 0.717) is 18.7 Å². The molecule has 0 aliphatic rings. The average Bonchev–Trinajstić information content (AvgIpc) is 2.28. The summed E-state index contributed by atoms with van der Waals surface area (Å²) in [5.74, 6) is -1.13. The summed E-state index contributed by atoms with van der Waals surface area (Å²) >= 11 is 0. The van der Waals surface area contributed by atoms with E-state index in [2.05, 4.69) is 10.6 Å². The summed E-state index contributed by atoms with van der Waals surface area (Å²) in [5.41, 5.74) is 6.20. The fraction of sp³-hybridized carbons (Fsp3) is 0.429. The predicted octanol–water partition coefficient (Wildman–Crippen LogP) is 1.68. The highest BCUT2D eigenvalue weighted by Gasteiger charge is 2.13. The Kier molecular flexibility index (Phi) is 4.96. The third-order valence-corrected chi connectivity index (χ3v) is 2.48. The van der Waals surface area contributed by atoms with Gasteiger partial charge in [-0.1, -0.05) is 0 Å². The summed E-state index contributed by atoms with van der Waals surface area (Å²) in [6, 6.07) is 4.67. The molecule has 0 spiro atoms. The molecule has 0 fully saturated rings. The zero-order valence-corrected chi connectivity index (χ0v) is 12.0. The predicted molar refractivity (Wildman–Crippen MR) is 78.8 cm³/mol. The zero-order valence-electron chi connectivity index (χ0n) is 12.0. The highest BCUT2D eigenvalue weighted by molar-refractivity contribution is 5.94. The number of anilines is 2. The van der Waals surface area contributed by atoms with Crippen LogP contribution in [0, 0.1) is 0 Å². The molecular weight excluding hydrogens is 258 g/mol. The largest absolute Gasteiger partial charge is 0.478 e. The van der Waals surface area contributed by atoms with Crippen molar-refractivity contribution in [3.63, 3.8) is 0 Å². The molecule has 1 rings (SSSR count). The molecule has 1 aromatic carbocycles. The van der Waals surface area contributed by atoms with Gasteiger partial charge in [-0.25, -0.2) is 4.79 Å². The average molecular weight is 279 g/mol. The Hall–Kier alpha value is -2.24. The van der Waals surface area contributed by atoms with Gasteiger partial charge in [-0.2, -0.15) is 0 Å². The molecule has 0 heterocycles. The molecule has 6 nitrogen and oxygen atoms in total. The van der Waals surface area contributed by atoms with Crippen molar-refractivity contribution >= 4 is 23.3 Å². The van der Waals surface area contributed by atoms with Crippen LogP contribution in [-0.4, -0.2) is 29.1 Å². The van der Waals surface area contributed by atoms with Crippen molar-refractivity contribution in [2.24, 2.45) is 0 Å². The minimum absolute atomic E-state index is 0.0501. The molecule has 1 aromatic rings. The number of carbonyl (C=O) groups excluding carboxylic acids is 1. The van der Waals surface area contributed by atoms with E-state index in [9.17, 15) is 9.59 Å². The van der Waals surface area contributed by atoms with Crippen LogP contribution in [0.4, 0.5) is 11.4 Å². The number of carbonyl (C=O) groups is 2. The number of hydrogen-bond donors (Lipinski definition) is 4. The second-order valence-corrected chi connectivity index (χ2v) is 5.58. The van der Waals surface area contributed by atoms with Crippen molar-refractivity contribution in [3.05, 3.63) is 23.8 Å². The number of benzene rings is 1. The molecule has 0 atom stereocenters. The molecule has 1 amide bonds. The molecule has 0 saturated heterocycles. The van der Waals surface area contributed by atoms with Gasteiger partial charge in [-0.15, -0.1) is 0 Å². The maximum atomic E-state index is 11.6. The number of nitrogens with one attached hydrogen (secondary N) is 2. The van der Waals surface area contributed by atoms with Crippen molar-refractivity contribution in [2.75, 3.05) is 17.6 Å². The fourth-order valence-electron chi connectivity index (χ4n) is 1.65. The van der Waals surface area contributed by atoms with E-state index in [1.54, 1.807) is 6.07 Å². The molecule has 0 saturated carbocycles. The lowest BCUT2D eigenvalue weighted by Gasteiger charge is -2.20. The van der Waals surface area contributed by atoms with Gasteiger partial charge in [0.15, 0.2) is 0 Å². The Morgan fingerprint density at radius 2 is 1.95 bits per heavy atom. The minimum atomic E-state index is -1.07. The Bertz CT molecular complexity index is 507. The SMILES string of the molecule is CC(C)(C)NC(=O)CCNc1ccc(N)c(C(=O)O)c1. The van der Waals surface area contributed by atoms with Crippen LogP contribution in [0.1, 0.15) is 37.6 Å². The standard InChI is InChI=1S/C14H21N3O3/c1-14(2,3)17-12(18)6-7-16-9-4-5-11(15)10(8-9)13(19)20/h4-5,8,16H,6-7,15H2,1-3H3,(H,17,18)(H,19,20). The molecule has 0 radical (unpaired) electrons. The molecule has 6 heteroatoms. The highest BCUT2D eigenvalue weighted by atomic mass is 16.4. The molecule has 0 aliphatic heterocycles. The minimum Gasteiger partial charge on any atom is -0.478 e. The van der Waals surface area contributed by atoms with Crippen LogP contribution < -0.4 is 16.4 Å². The summed E-state index contributed by atoms with van der Waals surface area (Å²) in [6.45, 7) is 6.16. The first-order valence-corrected chi connectivity index (χ1v) is 6.37. The number of hydrogen-bond acceptors (Lipinski definition) is 4. The van der Waals surface area contributed by atoms with Crippen LogP contribution >= 0.6 is 0 Å². The van der Waals surface area contributed by atoms with Gasteiger partial charge in [0.05, 0.1) is 5.56 Å². The van der Waals surface area contributed by atoms with Crippen LogP contribution in [0.5, 0.6) is 0 Å². The van der Waals surface area contributed by atoms with Gasteiger partial charge in [-0.3, -0.25) is 4.79 Å². The first kappa shape index (κ1) is 15.8. The molecule has 0 unspecified atom stereocenters. The van der Waals surface area contributed by atoms with Crippen molar-refractivity contribution < 1.29 is 14.7 Å². The van der Waals surface area contributed by atoms with E-state index in [0.717, 1.165) is 0 Å². The van der Waals surface area contributed by atoms with E-state index in [4.69, 9.17) is 10.8 Å². The number of carboxylic acid groups (broad SMARTS) is 1. The van der Waals surface area contributed by atoms with Gasteiger partial charge >= 0.3 is 5.97 Å². The van der Waals surface area contributed by atoms with Crippen molar-refractivity contribution in [3.8, 4) is 0 Å². The van der Waals surface area contributed by atoms with Crippen LogP contribution in [-0.2, 0) is 4.79 Å². The lowest BCUT2D eigenvalue weighted by atomic mass is 10.1. The second-order valence-electron chi connectivity index (χ2n) is 5.58. The molecule has 0 aromatic heterocycles. The molecular formula is C14H21N3O3. The Morgan fingerprint density at radius 3 is 2.50 bits per heavy atom. The summed E-state index contributed by atoms with van der Waals surface area (Å²) in [5, 5.41) is 14.8. The number of rotatable bonds is 5. The first-order chi connectivity index (χ1) is 9.19. The van der Waals surface area contributed by atoms with Crippen LogP contribution in [0.15, 0.2) is 18.2 Å².